The summed E-state index contributed by atoms with van der Waals surface area (Å²) >= 11 is 5.30. The number of imidazole rings is 1. The Labute approximate surface area is 114 Å². The molecule has 0 bridgehead atoms. The molecule has 0 unspecified atom stereocenters. The number of aryl methyl sites for hydroxylation is 2. The molecule has 0 spiro atoms. The largest absolute Gasteiger partial charge is 0.329 e. The van der Waals surface area contributed by atoms with Crippen molar-refractivity contribution in [3.63, 3.8) is 0 Å². The highest BCUT2D eigenvalue weighted by Crippen LogP contribution is 2.12. The highest BCUT2D eigenvalue weighted by Gasteiger charge is 2.04. The molecular weight excluding hydrogens is 261 g/mol. The standard InChI is InChI=1S/C14H12FN3S/c15-11-5-3-10(4-6-11)7-9-18-13-12(17-14(18)19)2-1-8-16-13/h1-6,8H,7,9H2,(H,17,19). The molecule has 0 fully saturated rings. The van der Waals surface area contributed by atoms with Gasteiger partial charge in [-0.3, -0.25) is 0 Å². The number of fused-ring (bicyclic) bond motifs is 1. The summed E-state index contributed by atoms with van der Waals surface area (Å²) in [6.07, 6.45) is 2.54. The monoisotopic (exact) mass is 273 g/mol. The van der Waals surface area contributed by atoms with Crippen LogP contribution in [0, 0.1) is 10.6 Å². The summed E-state index contributed by atoms with van der Waals surface area (Å²) < 4.78 is 15.5. The molecule has 5 heteroatoms. The smallest absolute Gasteiger partial charge is 0.179 e. The van der Waals surface area contributed by atoms with Gasteiger partial charge in [-0.05, 0) is 48.5 Å². The van der Waals surface area contributed by atoms with Crippen LogP contribution in [0.3, 0.4) is 0 Å². The first-order valence-electron chi connectivity index (χ1n) is 6.02. The van der Waals surface area contributed by atoms with Crippen molar-refractivity contribution in [1.29, 1.82) is 0 Å². The highest BCUT2D eigenvalue weighted by atomic mass is 32.1. The van der Waals surface area contributed by atoms with Crippen molar-refractivity contribution in [2.75, 3.05) is 0 Å². The summed E-state index contributed by atoms with van der Waals surface area (Å²) in [7, 11) is 0. The van der Waals surface area contributed by atoms with Crippen molar-refractivity contribution in [2.24, 2.45) is 0 Å². The van der Waals surface area contributed by atoms with Crippen molar-refractivity contribution in [3.05, 3.63) is 58.7 Å². The number of pyridine rings is 1. The Hall–Kier alpha value is -2.01. The van der Waals surface area contributed by atoms with Crippen molar-refractivity contribution in [1.82, 2.24) is 14.5 Å². The second-order valence-electron chi connectivity index (χ2n) is 4.33. The number of hydrogen-bond donors (Lipinski definition) is 1. The average Bonchev–Trinajstić information content (AvgIpc) is 2.74. The molecule has 0 amide bonds. The van der Waals surface area contributed by atoms with Gasteiger partial charge in [0.15, 0.2) is 10.4 Å². The zero-order valence-corrected chi connectivity index (χ0v) is 11.0. The van der Waals surface area contributed by atoms with E-state index < -0.39 is 0 Å². The summed E-state index contributed by atoms with van der Waals surface area (Å²) in [5.74, 6) is -0.214. The third-order valence-electron chi connectivity index (χ3n) is 3.07. The number of aromatic amines is 1. The van der Waals surface area contributed by atoms with Crippen molar-refractivity contribution >= 4 is 23.4 Å². The van der Waals surface area contributed by atoms with Crippen molar-refractivity contribution in [3.8, 4) is 0 Å². The molecular formula is C14H12FN3S. The predicted molar refractivity (Wildman–Crippen MR) is 75.0 cm³/mol. The normalized spacial score (nSPS) is 11.0. The van der Waals surface area contributed by atoms with Crippen LogP contribution in [0.25, 0.3) is 11.2 Å². The Morgan fingerprint density at radius 2 is 2.00 bits per heavy atom. The molecule has 0 saturated heterocycles. The molecule has 0 atom stereocenters. The first-order chi connectivity index (χ1) is 9.24. The number of rotatable bonds is 3. The molecule has 0 aliphatic carbocycles. The molecule has 3 rings (SSSR count). The Morgan fingerprint density at radius 1 is 1.21 bits per heavy atom. The third kappa shape index (κ3) is 2.42. The first-order valence-corrected chi connectivity index (χ1v) is 6.43. The average molecular weight is 273 g/mol. The van der Waals surface area contributed by atoms with E-state index >= 15 is 0 Å². The van der Waals surface area contributed by atoms with Gasteiger partial charge in [-0.1, -0.05) is 12.1 Å². The molecule has 1 aromatic carbocycles. The summed E-state index contributed by atoms with van der Waals surface area (Å²) in [4.78, 5) is 7.46. The van der Waals surface area contributed by atoms with Gasteiger partial charge in [0.25, 0.3) is 0 Å². The van der Waals surface area contributed by atoms with E-state index in [1.165, 1.54) is 12.1 Å². The zero-order chi connectivity index (χ0) is 13.2. The second kappa shape index (κ2) is 4.93. The lowest BCUT2D eigenvalue weighted by atomic mass is 10.1. The van der Waals surface area contributed by atoms with Gasteiger partial charge < -0.3 is 9.55 Å². The molecule has 3 nitrogen and oxygen atoms in total. The number of halogens is 1. The lowest BCUT2D eigenvalue weighted by Crippen LogP contribution is -2.02. The third-order valence-corrected chi connectivity index (χ3v) is 3.39. The molecule has 2 heterocycles. The van der Waals surface area contributed by atoms with Crippen LogP contribution in [0.4, 0.5) is 4.39 Å². The quantitative estimate of drug-likeness (QED) is 0.741. The molecule has 0 saturated carbocycles. The van der Waals surface area contributed by atoms with E-state index in [0.29, 0.717) is 4.77 Å². The molecule has 0 aliphatic rings. The molecule has 0 aliphatic heterocycles. The predicted octanol–water partition coefficient (Wildman–Crippen LogP) is 3.48. The van der Waals surface area contributed by atoms with E-state index in [9.17, 15) is 4.39 Å². The molecule has 1 N–H and O–H groups in total. The number of aromatic nitrogens is 3. The Kier molecular flexibility index (Phi) is 3.13. The summed E-state index contributed by atoms with van der Waals surface area (Å²) in [6.45, 7) is 0.724. The minimum absolute atomic E-state index is 0.214. The van der Waals surface area contributed by atoms with Crippen LogP contribution >= 0.6 is 12.2 Å². The molecule has 19 heavy (non-hydrogen) atoms. The zero-order valence-electron chi connectivity index (χ0n) is 10.1. The van der Waals surface area contributed by atoms with Crippen LogP contribution in [-0.4, -0.2) is 14.5 Å². The molecule has 96 valence electrons. The maximum Gasteiger partial charge on any atom is 0.179 e. The highest BCUT2D eigenvalue weighted by molar-refractivity contribution is 7.71. The van der Waals surface area contributed by atoms with Gasteiger partial charge in [-0.25, -0.2) is 9.37 Å². The summed E-state index contributed by atoms with van der Waals surface area (Å²) in [5.41, 5.74) is 2.87. The first kappa shape index (κ1) is 12.0. The van der Waals surface area contributed by atoms with E-state index in [1.807, 2.05) is 16.7 Å². The van der Waals surface area contributed by atoms with Gasteiger partial charge >= 0.3 is 0 Å². The lowest BCUT2D eigenvalue weighted by Gasteiger charge is -2.04. The summed E-state index contributed by atoms with van der Waals surface area (Å²) in [5, 5.41) is 0. The van der Waals surface area contributed by atoms with E-state index in [1.54, 1.807) is 18.3 Å². The van der Waals surface area contributed by atoms with Gasteiger partial charge in [0, 0.05) is 12.7 Å². The minimum Gasteiger partial charge on any atom is -0.329 e. The summed E-state index contributed by atoms with van der Waals surface area (Å²) in [6, 6.07) is 10.4. The van der Waals surface area contributed by atoms with Crippen LogP contribution in [-0.2, 0) is 13.0 Å². The SMILES string of the molecule is Fc1ccc(CCn2c(=S)[nH]c3cccnc32)cc1. The van der Waals surface area contributed by atoms with Crippen molar-refractivity contribution in [2.45, 2.75) is 13.0 Å². The fraction of sp³-hybridized carbons (Fsp3) is 0.143. The maximum atomic E-state index is 12.8. The fourth-order valence-electron chi connectivity index (χ4n) is 2.09. The fourth-order valence-corrected chi connectivity index (χ4v) is 2.38. The molecule has 2 aromatic heterocycles. The lowest BCUT2D eigenvalue weighted by molar-refractivity contribution is 0.625. The number of benzene rings is 1. The molecule has 3 aromatic rings. The van der Waals surface area contributed by atoms with Crippen LogP contribution in [0.15, 0.2) is 42.6 Å². The number of nitrogens with zero attached hydrogens (tertiary/aromatic N) is 2. The number of hydrogen-bond acceptors (Lipinski definition) is 2. The van der Waals surface area contributed by atoms with E-state index in [4.69, 9.17) is 12.2 Å². The van der Waals surface area contributed by atoms with Gasteiger partial charge in [0.1, 0.15) is 5.82 Å². The van der Waals surface area contributed by atoms with Crippen LogP contribution in [0.5, 0.6) is 0 Å². The van der Waals surface area contributed by atoms with E-state index in [2.05, 4.69) is 9.97 Å². The van der Waals surface area contributed by atoms with Crippen LogP contribution in [0.1, 0.15) is 5.56 Å². The number of H-pyrrole nitrogens is 1. The van der Waals surface area contributed by atoms with Crippen molar-refractivity contribution < 1.29 is 4.39 Å². The van der Waals surface area contributed by atoms with E-state index in [-0.39, 0.29) is 5.82 Å². The minimum atomic E-state index is -0.214. The van der Waals surface area contributed by atoms with Gasteiger partial charge in [0.05, 0.1) is 5.52 Å². The second-order valence-corrected chi connectivity index (χ2v) is 4.72. The van der Waals surface area contributed by atoms with Gasteiger partial charge in [0.2, 0.25) is 0 Å². The van der Waals surface area contributed by atoms with Gasteiger partial charge in [-0.15, -0.1) is 0 Å². The Balaban J connectivity index is 1.87. The Bertz CT molecular complexity index is 758. The topological polar surface area (TPSA) is 33.6 Å². The van der Waals surface area contributed by atoms with E-state index in [0.717, 1.165) is 29.7 Å². The van der Waals surface area contributed by atoms with Crippen LogP contribution in [0.2, 0.25) is 0 Å². The number of nitrogens with one attached hydrogen (secondary N) is 1. The Morgan fingerprint density at radius 3 is 2.79 bits per heavy atom. The van der Waals surface area contributed by atoms with Crippen LogP contribution < -0.4 is 0 Å². The van der Waals surface area contributed by atoms with Gasteiger partial charge in [-0.2, -0.15) is 0 Å². The maximum absolute atomic E-state index is 12.8. The molecule has 0 radical (unpaired) electrons.